The molecule has 0 spiro atoms. The average molecular weight is 416 g/mol. The second-order valence-corrected chi connectivity index (χ2v) is 9.61. The molecular weight excluding hydrogens is 386 g/mol. The van der Waals surface area contributed by atoms with Gasteiger partial charge in [-0.05, 0) is 51.2 Å². The molecule has 8 heteroatoms. The molecule has 2 aliphatic heterocycles. The predicted molar refractivity (Wildman–Crippen MR) is 109 cm³/mol. The maximum Gasteiger partial charge on any atom is 0.243 e. The van der Waals surface area contributed by atoms with Crippen molar-refractivity contribution in [1.82, 2.24) is 9.21 Å². The summed E-state index contributed by atoms with van der Waals surface area (Å²) in [5.41, 5.74) is 8.52. The fourth-order valence-electron chi connectivity index (χ4n) is 4.29. The van der Waals surface area contributed by atoms with Crippen LogP contribution in [-0.2, 0) is 14.8 Å². The highest BCUT2D eigenvalue weighted by Gasteiger charge is 2.36. The highest BCUT2D eigenvalue weighted by molar-refractivity contribution is 7.89. The topological polar surface area (TPSA) is 83.7 Å². The number of carbonyl (C=O) groups excluding carboxylic acids is 1. The maximum absolute atomic E-state index is 13.1. The number of nitrogens with zero attached hydrogens (tertiary/aromatic N) is 2. The lowest BCUT2D eigenvalue weighted by atomic mass is 9.97. The third kappa shape index (κ3) is 4.47. The van der Waals surface area contributed by atoms with Gasteiger partial charge in [-0.25, -0.2) is 8.42 Å². The number of halogens is 1. The summed E-state index contributed by atoms with van der Waals surface area (Å²) in [5, 5.41) is 0. The first-order valence-electron chi connectivity index (χ1n) is 9.32. The monoisotopic (exact) mass is 415 g/mol. The second kappa shape index (κ2) is 8.47. The number of amides is 1. The maximum atomic E-state index is 13.1. The van der Waals surface area contributed by atoms with Crippen molar-refractivity contribution in [2.45, 2.75) is 51.0 Å². The Bertz CT molecular complexity index is 781. The Hall–Kier alpha value is -1.15. The van der Waals surface area contributed by atoms with Gasteiger partial charge in [-0.15, -0.1) is 12.4 Å². The van der Waals surface area contributed by atoms with E-state index in [1.54, 1.807) is 0 Å². The molecule has 0 unspecified atom stereocenters. The normalized spacial score (nSPS) is 21.9. The molecule has 0 bridgehead atoms. The van der Waals surface area contributed by atoms with Crippen molar-refractivity contribution in [3.05, 3.63) is 28.8 Å². The largest absolute Gasteiger partial charge is 0.341 e. The molecule has 27 heavy (non-hydrogen) atoms. The first-order chi connectivity index (χ1) is 12.2. The average Bonchev–Trinajstić information content (AvgIpc) is 2.99. The minimum Gasteiger partial charge on any atom is -0.341 e. The molecule has 1 aromatic carbocycles. The van der Waals surface area contributed by atoms with Crippen molar-refractivity contribution < 1.29 is 13.2 Å². The molecule has 6 nitrogen and oxygen atoms in total. The van der Waals surface area contributed by atoms with E-state index in [4.69, 9.17) is 5.73 Å². The SMILES string of the molecule is Cc1cc(C)c(S(=O)(=O)N2CCC(C(=O)N3CC[C@@H](N)C3)CC2)c(C)c1.Cl. The summed E-state index contributed by atoms with van der Waals surface area (Å²) in [6, 6.07) is 3.89. The molecule has 2 N–H and O–H groups in total. The molecule has 152 valence electrons. The van der Waals surface area contributed by atoms with E-state index in [2.05, 4.69) is 0 Å². The van der Waals surface area contributed by atoms with Crippen molar-refractivity contribution in [2.75, 3.05) is 26.2 Å². The number of hydrogen-bond donors (Lipinski definition) is 1. The van der Waals surface area contributed by atoms with Gasteiger partial charge in [0.05, 0.1) is 4.90 Å². The van der Waals surface area contributed by atoms with Gasteiger partial charge in [0, 0.05) is 38.1 Å². The third-order valence-corrected chi connectivity index (χ3v) is 7.75. The Morgan fingerprint density at radius 1 is 1.04 bits per heavy atom. The molecule has 1 atom stereocenters. The van der Waals surface area contributed by atoms with Crippen LogP contribution >= 0.6 is 12.4 Å². The Morgan fingerprint density at radius 3 is 2.07 bits per heavy atom. The van der Waals surface area contributed by atoms with E-state index in [1.807, 2.05) is 37.8 Å². The van der Waals surface area contributed by atoms with Crippen LogP contribution in [0.1, 0.15) is 36.0 Å². The summed E-state index contributed by atoms with van der Waals surface area (Å²) in [7, 11) is -3.53. The molecule has 1 amide bonds. The van der Waals surface area contributed by atoms with Gasteiger partial charge >= 0.3 is 0 Å². The fourth-order valence-corrected chi connectivity index (χ4v) is 6.17. The molecule has 0 aliphatic carbocycles. The van der Waals surface area contributed by atoms with Gasteiger partial charge in [0.15, 0.2) is 0 Å². The lowest BCUT2D eigenvalue weighted by Crippen LogP contribution is -2.44. The number of nitrogens with two attached hydrogens (primary N) is 1. The van der Waals surface area contributed by atoms with E-state index in [1.165, 1.54) is 4.31 Å². The quantitative estimate of drug-likeness (QED) is 0.818. The number of piperidine rings is 1. The Morgan fingerprint density at radius 2 is 1.59 bits per heavy atom. The number of likely N-dealkylation sites (tertiary alicyclic amines) is 1. The lowest BCUT2D eigenvalue weighted by Gasteiger charge is -2.33. The van der Waals surface area contributed by atoms with Gasteiger partial charge in [0.2, 0.25) is 15.9 Å². The van der Waals surface area contributed by atoms with Crippen LogP contribution < -0.4 is 5.73 Å². The van der Waals surface area contributed by atoms with E-state index in [0.717, 1.165) is 29.7 Å². The van der Waals surface area contributed by atoms with Gasteiger partial charge in [-0.1, -0.05) is 17.7 Å². The number of carbonyl (C=O) groups is 1. The molecule has 0 radical (unpaired) electrons. The third-order valence-electron chi connectivity index (χ3n) is 5.54. The van der Waals surface area contributed by atoms with E-state index < -0.39 is 10.0 Å². The molecular formula is C19H30ClN3O3S. The van der Waals surface area contributed by atoms with E-state index in [0.29, 0.717) is 37.4 Å². The number of rotatable bonds is 3. The highest BCUT2D eigenvalue weighted by Crippen LogP contribution is 2.29. The van der Waals surface area contributed by atoms with Gasteiger partial charge in [0.25, 0.3) is 0 Å². The summed E-state index contributed by atoms with van der Waals surface area (Å²) in [5.74, 6) is 0.0460. The van der Waals surface area contributed by atoms with Gasteiger partial charge in [-0.3, -0.25) is 4.79 Å². The van der Waals surface area contributed by atoms with Crippen LogP contribution in [0.15, 0.2) is 17.0 Å². The molecule has 2 heterocycles. The smallest absolute Gasteiger partial charge is 0.243 e. The van der Waals surface area contributed by atoms with Crippen molar-refractivity contribution >= 4 is 28.3 Å². The van der Waals surface area contributed by atoms with Crippen LogP contribution in [0.4, 0.5) is 0 Å². The summed E-state index contributed by atoms with van der Waals surface area (Å²) >= 11 is 0. The Labute approximate surface area is 168 Å². The van der Waals surface area contributed by atoms with Crippen LogP contribution in [0.5, 0.6) is 0 Å². The first kappa shape index (κ1) is 22.1. The molecule has 3 rings (SSSR count). The summed E-state index contributed by atoms with van der Waals surface area (Å²) in [4.78, 5) is 14.9. The Balaban J connectivity index is 0.00000261. The van der Waals surface area contributed by atoms with Gasteiger partial charge < -0.3 is 10.6 Å². The highest BCUT2D eigenvalue weighted by atomic mass is 35.5. The number of hydrogen-bond acceptors (Lipinski definition) is 4. The second-order valence-electron chi connectivity index (χ2n) is 7.74. The van der Waals surface area contributed by atoms with Crippen molar-refractivity contribution in [3.8, 4) is 0 Å². The summed E-state index contributed by atoms with van der Waals surface area (Å²) in [6.45, 7) is 7.80. The van der Waals surface area contributed by atoms with Crippen molar-refractivity contribution in [1.29, 1.82) is 0 Å². The summed E-state index contributed by atoms with van der Waals surface area (Å²) in [6.07, 6.45) is 2.01. The van der Waals surface area contributed by atoms with E-state index >= 15 is 0 Å². The minimum atomic E-state index is -3.53. The minimum absolute atomic E-state index is 0. The zero-order valence-corrected chi connectivity index (χ0v) is 17.9. The number of aryl methyl sites for hydroxylation is 3. The first-order valence-corrected chi connectivity index (χ1v) is 10.8. The molecule has 1 aromatic rings. The van der Waals surface area contributed by atoms with Crippen LogP contribution in [0, 0.1) is 26.7 Å². The van der Waals surface area contributed by atoms with Crippen LogP contribution in [0.25, 0.3) is 0 Å². The van der Waals surface area contributed by atoms with Gasteiger partial charge in [-0.2, -0.15) is 4.31 Å². The van der Waals surface area contributed by atoms with Crippen molar-refractivity contribution in [3.63, 3.8) is 0 Å². The van der Waals surface area contributed by atoms with Crippen LogP contribution in [-0.4, -0.2) is 55.8 Å². The van der Waals surface area contributed by atoms with E-state index in [9.17, 15) is 13.2 Å². The standard InChI is InChI=1S/C19H29N3O3S.ClH/c1-13-10-14(2)18(15(3)11-13)26(24,25)22-8-4-16(5-9-22)19(23)21-7-6-17(20)12-21;/h10-11,16-17H,4-9,12,20H2,1-3H3;1H/t17-;/m1./s1. The lowest BCUT2D eigenvalue weighted by molar-refractivity contribution is -0.135. The fraction of sp³-hybridized carbons (Fsp3) is 0.632. The molecule has 0 saturated carbocycles. The zero-order valence-electron chi connectivity index (χ0n) is 16.3. The predicted octanol–water partition coefficient (Wildman–Crippen LogP) is 1.99. The Kier molecular flexibility index (Phi) is 6.95. The van der Waals surface area contributed by atoms with Crippen molar-refractivity contribution in [2.24, 2.45) is 11.7 Å². The molecule has 0 aromatic heterocycles. The van der Waals surface area contributed by atoms with Crippen LogP contribution in [0.2, 0.25) is 0 Å². The molecule has 2 saturated heterocycles. The zero-order chi connectivity index (χ0) is 19.1. The molecule has 2 aliphatic rings. The molecule has 2 fully saturated rings. The van der Waals surface area contributed by atoms with Gasteiger partial charge in [0.1, 0.15) is 0 Å². The number of sulfonamides is 1. The number of benzene rings is 1. The van der Waals surface area contributed by atoms with E-state index in [-0.39, 0.29) is 30.3 Å². The van der Waals surface area contributed by atoms with Crippen LogP contribution in [0.3, 0.4) is 0 Å². The summed E-state index contributed by atoms with van der Waals surface area (Å²) < 4.78 is 27.8.